The Morgan fingerprint density at radius 3 is 2.20 bits per heavy atom. The second-order valence-corrected chi connectivity index (χ2v) is 4.16. The summed E-state index contributed by atoms with van der Waals surface area (Å²) in [4.78, 5) is 9.67. The molecule has 92 valence electrons. The average Bonchev–Trinajstić information content (AvgIpc) is 2.24. The number of nitrogens with one attached hydrogen (secondary N) is 1. The first-order valence-electron chi connectivity index (χ1n) is 5.51. The third-order valence-electron chi connectivity index (χ3n) is 1.96. The minimum atomic E-state index is 0.356. The summed E-state index contributed by atoms with van der Waals surface area (Å²) in [7, 11) is 0. The Morgan fingerprint density at radius 1 is 1.33 bits per heavy atom. The van der Waals surface area contributed by atoms with Crippen molar-refractivity contribution in [3.63, 3.8) is 0 Å². The predicted octanol–water partition coefficient (Wildman–Crippen LogP) is 2.57. The van der Waals surface area contributed by atoms with E-state index in [2.05, 4.69) is 30.8 Å². The van der Waals surface area contributed by atoms with Crippen LogP contribution in [0.1, 0.15) is 40.5 Å². The van der Waals surface area contributed by atoms with Gasteiger partial charge in [-0.05, 0) is 26.7 Å². The fraction of sp³-hybridized carbons (Fsp3) is 0.909. The lowest BCUT2D eigenvalue weighted by Crippen LogP contribution is -2.28. The molecule has 0 fully saturated rings. The van der Waals surface area contributed by atoms with E-state index >= 15 is 0 Å². The van der Waals surface area contributed by atoms with E-state index in [1.807, 2.05) is 6.92 Å². The molecule has 0 heterocycles. The number of alkyl halides is 1. The third-order valence-corrected chi connectivity index (χ3v) is 2.26. The van der Waals surface area contributed by atoms with Gasteiger partial charge in [0.15, 0.2) is 0 Å². The van der Waals surface area contributed by atoms with Crippen molar-refractivity contribution in [2.24, 2.45) is 0 Å². The van der Waals surface area contributed by atoms with Crippen molar-refractivity contribution >= 4 is 18.1 Å². The molecule has 0 aliphatic heterocycles. The Morgan fingerprint density at radius 2 is 1.87 bits per heavy atom. The monoisotopic (exact) mass is 237 g/mol. The molecule has 15 heavy (non-hydrogen) atoms. The normalized spacial score (nSPS) is 13.4. The Bertz CT molecular complexity index is 132. The minimum absolute atomic E-state index is 0.356. The van der Waals surface area contributed by atoms with Crippen molar-refractivity contribution < 1.29 is 9.53 Å². The highest BCUT2D eigenvalue weighted by atomic mass is 35.5. The van der Waals surface area contributed by atoms with E-state index in [0.717, 1.165) is 19.4 Å². The Balaban J connectivity index is 0. The van der Waals surface area contributed by atoms with E-state index in [4.69, 9.17) is 11.6 Å². The van der Waals surface area contributed by atoms with Crippen LogP contribution in [0.25, 0.3) is 0 Å². The molecule has 2 atom stereocenters. The van der Waals surface area contributed by atoms with Crippen LogP contribution in [-0.2, 0) is 9.53 Å². The molecule has 0 bridgehead atoms. The van der Waals surface area contributed by atoms with Gasteiger partial charge in [-0.1, -0.05) is 13.8 Å². The van der Waals surface area contributed by atoms with E-state index in [1.165, 1.54) is 0 Å². The maximum atomic E-state index is 9.67. The zero-order chi connectivity index (χ0) is 12.1. The van der Waals surface area contributed by atoms with Gasteiger partial charge < -0.3 is 10.1 Å². The summed E-state index contributed by atoms with van der Waals surface area (Å²) in [5.74, 6) is 0. The van der Waals surface area contributed by atoms with Crippen LogP contribution in [0, 0.1) is 0 Å². The Kier molecular flexibility index (Phi) is 15.7. The van der Waals surface area contributed by atoms with Gasteiger partial charge in [0.05, 0.1) is 0 Å². The molecule has 0 aromatic rings. The quantitative estimate of drug-likeness (QED) is 0.420. The van der Waals surface area contributed by atoms with E-state index in [9.17, 15) is 4.79 Å². The summed E-state index contributed by atoms with van der Waals surface area (Å²) in [5.41, 5.74) is 0. The molecule has 3 nitrogen and oxygen atoms in total. The molecule has 0 saturated heterocycles. The number of ether oxygens (including phenoxy) is 1. The molecule has 0 aromatic carbocycles. The molecule has 2 unspecified atom stereocenters. The van der Waals surface area contributed by atoms with Crippen LogP contribution in [0.2, 0.25) is 0 Å². The molecule has 0 rings (SSSR count). The molecular formula is C11H24ClNO2. The third kappa shape index (κ3) is 19.9. The Hall–Kier alpha value is -0.280. The van der Waals surface area contributed by atoms with E-state index < -0.39 is 0 Å². The molecule has 0 aliphatic rings. The first kappa shape index (κ1) is 17.1. The van der Waals surface area contributed by atoms with Crippen molar-refractivity contribution in [2.75, 3.05) is 13.2 Å². The van der Waals surface area contributed by atoms with Crippen molar-refractivity contribution in [3.8, 4) is 0 Å². The van der Waals surface area contributed by atoms with Crippen molar-refractivity contribution in [3.05, 3.63) is 0 Å². The standard InChI is InChI=1S/C7H15NO2.C4H9Cl/c1-3-7(2)8-4-5-10-6-9;1-3-4(2)5/h6-8H,3-5H2,1-2H3;4H,3H2,1-2H3. The molecule has 0 aromatic heterocycles. The lowest BCUT2D eigenvalue weighted by Gasteiger charge is -2.09. The highest BCUT2D eigenvalue weighted by Gasteiger charge is 1.94. The second kappa shape index (κ2) is 13.7. The number of halogens is 1. The van der Waals surface area contributed by atoms with Crippen LogP contribution in [0.4, 0.5) is 0 Å². The zero-order valence-corrected chi connectivity index (χ0v) is 11.0. The average molecular weight is 238 g/mol. The summed E-state index contributed by atoms with van der Waals surface area (Å²) in [5, 5.41) is 3.54. The molecule has 0 aliphatic carbocycles. The molecule has 0 saturated carbocycles. The summed E-state index contributed by atoms with van der Waals surface area (Å²) < 4.78 is 4.49. The van der Waals surface area contributed by atoms with Gasteiger partial charge in [0.2, 0.25) is 0 Å². The summed E-state index contributed by atoms with van der Waals surface area (Å²) >= 11 is 5.46. The number of hydrogen-bond donors (Lipinski definition) is 1. The zero-order valence-electron chi connectivity index (χ0n) is 10.3. The van der Waals surface area contributed by atoms with Crippen molar-refractivity contribution in [1.29, 1.82) is 0 Å². The fourth-order valence-corrected chi connectivity index (χ4v) is 0.557. The lowest BCUT2D eigenvalue weighted by atomic mass is 10.3. The highest BCUT2D eigenvalue weighted by molar-refractivity contribution is 6.20. The lowest BCUT2D eigenvalue weighted by molar-refractivity contribution is -0.128. The van der Waals surface area contributed by atoms with Crippen molar-refractivity contribution in [1.82, 2.24) is 5.32 Å². The molecule has 4 heteroatoms. The number of rotatable bonds is 7. The smallest absolute Gasteiger partial charge is 0.293 e. The maximum Gasteiger partial charge on any atom is 0.293 e. The van der Waals surface area contributed by atoms with Gasteiger partial charge in [-0.2, -0.15) is 0 Å². The number of hydrogen-bond acceptors (Lipinski definition) is 3. The number of carbonyl (C=O) groups excluding carboxylic acids is 1. The molecule has 0 amide bonds. The first-order valence-corrected chi connectivity index (χ1v) is 5.94. The topological polar surface area (TPSA) is 38.3 Å². The van der Waals surface area contributed by atoms with Gasteiger partial charge in [-0.15, -0.1) is 11.6 Å². The van der Waals surface area contributed by atoms with Crippen LogP contribution < -0.4 is 5.32 Å². The van der Waals surface area contributed by atoms with E-state index in [-0.39, 0.29) is 0 Å². The fourth-order valence-electron chi connectivity index (χ4n) is 0.557. The Labute approximate surface area is 98.5 Å². The van der Waals surface area contributed by atoms with E-state index in [0.29, 0.717) is 24.5 Å². The van der Waals surface area contributed by atoms with Gasteiger partial charge in [-0.25, -0.2) is 0 Å². The van der Waals surface area contributed by atoms with Gasteiger partial charge in [0.25, 0.3) is 6.47 Å². The van der Waals surface area contributed by atoms with E-state index in [1.54, 1.807) is 0 Å². The second-order valence-electron chi connectivity index (χ2n) is 3.42. The SMILES string of the molecule is CCC(C)Cl.CCC(C)NCCOC=O. The number of carbonyl (C=O) groups is 1. The molecule has 0 radical (unpaired) electrons. The van der Waals surface area contributed by atoms with Gasteiger partial charge in [0, 0.05) is 18.0 Å². The van der Waals surface area contributed by atoms with Crippen LogP contribution in [-0.4, -0.2) is 31.0 Å². The predicted molar refractivity (Wildman–Crippen MR) is 65.4 cm³/mol. The highest BCUT2D eigenvalue weighted by Crippen LogP contribution is 1.95. The van der Waals surface area contributed by atoms with Gasteiger partial charge >= 0.3 is 0 Å². The largest absolute Gasteiger partial charge is 0.467 e. The van der Waals surface area contributed by atoms with Crippen molar-refractivity contribution in [2.45, 2.75) is 52.0 Å². The molecule has 1 N–H and O–H groups in total. The summed E-state index contributed by atoms with van der Waals surface area (Å²) in [6, 6.07) is 0.509. The van der Waals surface area contributed by atoms with Crippen LogP contribution in [0.15, 0.2) is 0 Å². The van der Waals surface area contributed by atoms with Crippen LogP contribution in [0.3, 0.4) is 0 Å². The minimum Gasteiger partial charge on any atom is -0.467 e. The van der Waals surface area contributed by atoms with Crippen LogP contribution >= 0.6 is 11.6 Å². The van der Waals surface area contributed by atoms with Gasteiger partial charge in [0.1, 0.15) is 6.61 Å². The summed E-state index contributed by atoms with van der Waals surface area (Å²) in [6.07, 6.45) is 2.17. The maximum absolute atomic E-state index is 9.67. The molecular weight excluding hydrogens is 214 g/mol. The summed E-state index contributed by atoms with van der Waals surface area (Å²) in [6.45, 7) is 9.94. The first-order chi connectivity index (χ1) is 7.08. The molecule has 0 spiro atoms. The van der Waals surface area contributed by atoms with Crippen LogP contribution in [0.5, 0.6) is 0 Å². The van der Waals surface area contributed by atoms with Gasteiger partial charge in [-0.3, -0.25) is 4.79 Å².